The molecule has 0 fully saturated rings. The third-order valence-electron chi connectivity index (χ3n) is 4.02. The minimum atomic E-state index is -0.476. The fourth-order valence-electron chi connectivity index (χ4n) is 2.67. The summed E-state index contributed by atoms with van der Waals surface area (Å²) in [5.41, 5.74) is 5.12. The van der Waals surface area contributed by atoms with Gasteiger partial charge in [0, 0.05) is 22.9 Å². The molecule has 28 heavy (non-hydrogen) atoms. The smallest absolute Gasteiger partial charge is 0.339 e. The highest BCUT2D eigenvalue weighted by Crippen LogP contribution is 2.30. The molecule has 3 aromatic rings. The van der Waals surface area contributed by atoms with Gasteiger partial charge in [0.2, 0.25) is 0 Å². The molecule has 2 amide bonds. The Kier molecular flexibility index (Phi) is 5.50. The summed E-state index contributed by atoms with van der Waals surface area (Å²) in [5.74, 6) is 0.996. The number of hydrazone groups is 1. The lowest BCUT2D eigenvalue weighted by molar-refractivity contribution is -0.385. The Balaban J connectivity index is 1.67. The van der Waals surface area contributed by atoms with Crippen molar-refractivity contribution in [1.29, 1.82) is 0 Å². The molecule has 2 aromatic carbocycles. The van der Waals surface area contributed by atoms with Gasteiger partial charge in [-0.1, -0.05) is 18.2 Å². The predicted molar refractivity (Wildman–Crippen MR) is 106 cm³/mol. The molecule has 0 saturated heterocycles. The molecule has 1 aromatic heterocycles. The van der Waals surface area contributed by atoms with Gasteiger partial charge in [0.15, 0.2) is 0 Å². The molecule has 0 saturated carbocycles. The summed E-state index contributed by atoms with van der Waals surface area (Å²) < 4.78 is 5.72. The Hall–Kier alpha value is -3.94. The number of rotatable bonds is 5. The molecule has 3 rings (SSSR count). The van der Waals surface area contributed by atoms with Gasteiger partial charge in [-0.3, -0.25) is 10.1 Å². The van der Waals surface area contributed by atoms with Crippen LogP contribution in [-0.2, 0) is 0 Å². The van der Waals surface area contributed by atoms with Crippen LogP contribution in [0.3, 0.4) is 0 Å². The fourth-order valence-corrected chi connectivity index (χ4v) is 2.67. The molecule has 0 bridgehead atoms. The van der Waals surface area contributed by atoms with Gasteiger partial charge in [0.05, 0.1) is 11.1 Å². The molecule has 0 radical (unpaired) electrons. The third-order valence-corrected chi connectivity index (χ3v) is 4.02. The average molecular weight is 378 g/mol. The summed E-state index contributed by atoms with van der Waals surface area (Å²) in [6.45, 7) is 3.47. The molecule has 0 aliphatic rings. The van der Waals surface area contributed by atoms with E-state index in [2.05, 4.69) is 15.8 Å². The molecule has 142 valence electrons. The molecule has 0 atom stereocenters. The molecular formula is C20H18N4O4. The van der Waals surface area contributed by atoms with Crippen molar-refractivity contribution in [2.24, 2.45) is 5.10 Å². The Morgan fingerprint density at radius 2 is 1.86 bits per heavy atom. The predicted octanol–water partition coefficient (Wildman–Crippen LogP) is 4.63. The molecular weight excluding hydrogens is 360 g/mol. The Morgan fingerprint density at radius 3 is 2.57 bits per heavy atom. The van der Waals surface area contributed by atoms with Crippen molar-refractivity contribution < 1.29 is 14.1 Å². The first kappa shape index (κ1) is 18.8. The average Bonchev–Trinajstić information content (AvgIpc) is 3.12. The number of nitro groups is 1. The number of benzene rings is 2. The maximum Gasteiger partial charge on any atom is 0.339 e. The number of hydrogen-bond acceptors (Lipinski definition) is 5. The minimum Gasteiger partial charge on any atom is -0.455 e. The number of para-hydroxylation sites is 1. The van der Waals surface area contributed by atoms with E-state index in [1.807, 2.05) is 18.2 Å². The Bertz CT molecular complexity index is 1040. The van der Waals surface area contributed by atoms with Crippen LogP contribution in [0, 0.1) is 24.0 Å². The molecule has 2 N–H and O–H groups in total. The van der Waals surface area contributed by atoms with Gasteiger partial charge in [0.25, 0.3) is 5.69 Å². The second-order valence-electron chi connectivity index (χ2n) is 6.10. The SMILES string of the molecule is Cc1cc([N+](=O)[O-])c(C)cc1-c1ccc(/C=N/NC(=O)Nc2ccccc2)o1. The number of amides is 2. The van der Waals surface area contributed by atoms with Crippen molar-refractivity contribution in [3.8, 4) is 11.3 Å². The maximum absolute atomic E-state index is 11.8. The molecule has 1 heterocycles. The van der Waals surface area contributed by atoms with Gasteiger partial charge in [-0.2, -0.15) is 5.10 Å². The van der Waals surface area contributed by atoms with Crippen molar-refractivity contribution in [1.82, 2.24) is 5.43 Å². The number of furan rings is 1. The monoisotopic (exact) mass is 378 g/mol. The zero-order valence-corrected chi connectivity index (χ0v) is 15.3. The lowest BCUT2D eigenvalue weighted by Crippen LogP contribution is -2.24. The summed E-state index contributed by atoms with van der Waals surface area (Å²) in [6.07, 6.45) is 1.38. The van der Waals surface area contributed by atoms with Gasteiger partial charge in [0.1, 0.15) is 11.5 Å². The lowest BCUT2D eigenvalue weighted by Gasteiger charge is -2.05. The lowest BCUT2D eigenvalue weighted by atomic mass is 10.0. The van der Waals surface area contributed by atoms with E-state index in [1.165, 1.54) is 12.3 Å². The van der Waals surface area contributed by atoms with Gasteiger partial charge < -0.3 is 9.73 Å². The number of urea groups is 1. The standard InChI is InChI=1S/C20H18N4O4/c1-13-11-18(24(26)27)14(2)10-17(13)19-9-8-16(28-19)12-21-23-20(25)22-15-6-4-3-5-7-15/h3-12H,1-2H3,(H2,22,23,25)/b21-12+. The van der Waals surface area contributed by atoms with Crippen LogP contribution < -0.4 is 10.7 Å². The summed E-state index contributed by atoms with van der Waals surface area (Å²) in [4.78, 5) is 22.4. The van der Waals surface area contributed by atoms with Crippen LogP contribution >= 0.6 is 0 Å². The van der Waals surface area contributed by atoms with E-state index in [0.717, 1.165) is 11.1 Å². The molecule has 0 spiro atoms. The Morgan fingerprint density at radius 1 is 1.11 bits per heavy atom. The van der Waals surface area contributed by atoms with E-state index in [4.69, 9.17) is 4.42 Å². The number of carbonyl (C=O) groups is 1. The highest BCUT2D eigenvalue weighted by molar-refractivity contribution is 5.90. The van der Waals surface area contributed by atoms with Crippen LogP contribution in [-0.4, -0.2) is 17.2 Å². The number of carbonyl (C=O) groups excluding carboxylic acids is 1. The first-order valence-electron chi connectivity index (χ1n) is 8.45. The van der Waals surface area contributed by atoms with E-state index in [0.29, 0.717) is 22.8 Å². The minimum absolute atomic E-state index is 0.0724. The van der Waals surface area contributed by atoms with E-state index in [9.17, 15) is 14.9 Å². The van der Waals surface area contributed by atoms with Gasteiger partial charge in [-0.15, -0.1) is 0 Å². The van der Waals surface area contributed by atoms with Crippen molar-refractivity contribution in [3.63, 3.8) is 0 Å². The van der Waals surface area contributed by atoms with Crippen molar-refractivity contribution in [2.45, 2.75) is 13.8 Å². The van der Waals surface area contributed by atoms with Crippen LogP contribution in [0.4, 0.5) is 16.2 Å². The van der Waals surface area contributed by atoms with E-state index >= 15 is 0 Å². The second-order valence-corrected chi connectivity index (χ2v) is 6.10. The quantitative estimate of drug-likeness (QED) is 0.383. The molecule has 0 unspecified atom stereocenters. The topological polar surface area (TPSA) is 110 Å². The van der Waals surface area contributed by atoms with Crippen molar-refractivity contribution >= 4 is 23.6 Å². The first-order chi connectivity index (χ1) is 13.4. The van der Waals surface area contributed by atoms with Crippen LogP contribution in [0.25, 0.3) is 11.3 Å². The number of nitrogens with zero attached hydrogens (tertiary/aromatic N) is 2. The summed E-state index contributed by atoms with van der Waals surface area (Å²) in [6, 6.07) is 15.2. The molecule has 0 aliphatic carbocycles. The maximum atomic E-state index is 11.8. The zero-order valence-electron chi connectivity index (χ0n) is 15.3. The van der Waals surface area contributed by atoms with Gasteiger partial charge >= 0.3 is 6.03 Å². The second kappa shape index (κ2) is 8.17. The van der Waals surface area contributed by atoms with E-state index in [1.54, 1.807) is 44.2 Å². The van der Waals surface area contributed by atoms with E-state index in [-0.39, 0.29) is 5.69 Å². The summed E-state index contributed by atoms with van der Waals surface area (Å²) in [5, 5.41) is 17.5. The van der Waals surface area contributed by atoms with Crippen LogP contribution in [0.5, 0.6) is 0 Å². The summed E-state index contributed by atoms with van der Waals surface area (Å²) in [7, 11) is 0. The largest absolute Gasteiger partial charge is 0.455 e. The molecule has 8 heteroatoms. The van der Waals surface area contributed by atoms with Crippen molar-refractivity contribution in [2.75, 3.05) is 5.32 Å². The van der Waals surface area contributed by atoms with Gasteiger partial charge in [-0.25, -0.2) is 10.2 Å². The third kappa shape index (κ3) is 4.42. The zero-order chi connectivity index (χ0) is 20.1. The fraction of sp³-hybridized carbons (Fsp3) is 0.100. The highest BCUT2D eigenvalue weighted by atomic mass is 16.6. The van der Waals surface area contributed by atoms with Crippen LogP contribution in [0.15, 0.2) is 64.1 Å². The first-order valence-corrected chi connectivity index (χ1v) is 8.45. The number of aryl methyl sites for hydroxylation is 2. The van der Waals surface area contributed by atoms with Gasteiger partial charge in [-0.05, 0) is 49.7 Å². The number of anilines is 1. The number of hydrogen-bond donors (Lipinski definition) is 2. The molecule has 0 aliphatic heterocycles. The van der Waals surface area contributed by atoms with Crippen LogP contribution in [0.2, 0.25) is 0 Å². The normalized spacial score (nSPS) is 10.8. The van der Waals surface area contributed by atoms with Crippen LogP contribution in [0.1, 0.15) is 16.9 Å². The summed E-state index contributed by atoms with van der Waals surface area (Å²) >= 11 is 0. The number of nitrogens with one attached hydrogen (secondary N) is 2. The Labute approximate surface area is 161 Å². The molecule has 8 nitrogen and oxygen atoms in total. The number of nitro benzene ring substituents is 1. The van der Waals surface area contributed by atoms with Crippen molar-refractivity contribution in [3.05, 3.63) is 81.6 Å². The van der Waals surface area contributed by atoms with E-state index < -0.39 is 11.0 Å². The highest BCUT2D eigenvalue weighted by Gasteiger charge is 2.16.